The third kappa shape index (κ3) is 5.07. The van der Waals surface area contributed by atoms with Crippen molar-refractivity contribution in [1.29, 1.82) is 0 Å². The Labute approximate surface area is 241 Å². The van der Waals surface area contributed by atoms with Crippen LogP contribution in [0, 0.1) is 12.7 Å². The number of fused-ring (bicyclic) bond motifs is 2. The lowest BCUT2D eigenvalue weighted by Crippen LogP contribution is -2.44. The summed E-state index contributed by atoms with van der Waals surface area (Å²) in [6.07, 6.45) is 2.98. The summed E-state index contributed by atoms with van der Waals surface area (Å²) in [5, 5.41) is 8.24. The van der Waals surface area contributed by atoms with Gasteiger partial charge in [-0.15, -0.1) is 0 Å². The normalized spacial score (nSPS) is 14.0. The molecule has 9 nitrogen and oxygen atoms in total. The number of amides is 1. The maximum absolute atomic E-state index is 14.6. The smallest absolute Gasteiger partial charge is 0.257 e. The summed E-state index contributed by atoms with van der Waals surface area (Å²) < 4.78 is 14.6. The fourth-order valence-corrected chi connectivity index (χ4v) is 5.31. The predicted molar refractivity (Wildman–Crippen MR) is 163 cm³/mol. The van der Waals surface area contributed by atoms with Gasteiger partial charge in [0.25, 0.3) is 5.91 Å². The van der Waals surface area contributed by atoms with E-state index < -0.39 is 5.82 Å². The van der Waals surface area contributed by atoms with Gasteiger partial charge >= 0.3 is 0 Å². The van der Waals surface area contributed by atoms with Crippen molar-refractivity contribution >= 4 is 67.9 Å². The van der Waals surface area contributed by atoms with Crippen molar-refractivity contribution in [2.45, 2.75) is 6.92 Å². The Kier molecular flexibility index (Phi) is 7.02. The first-order chi connectivity index (χ1) is 19.8. The molecule has 3 aromatic carbocycles. The minimum Gasteiger partial charge on any atom is -0.383 e. The molecular weight excluding hydrogens is 543 g/mol. The highest BCUT2D eigenvalue weighted by molar-refractivity contribution is 6.31. The van der Waals surface area contributed by atoms with E-state index >= 15 is 0 Å². The Bertz CT molecular complexity index is 1810. The van der Waals surface area contributed by atoms with E-state index in [4.69, 9.17) is 17.3 Å². The molecule has 4 N–H and O–H groups in total. The first kappa shape index (κ1) is 26.7. The SMILES string of the molecule is Cc1ccc2c(Nc3cccc(Cl)c3F)nccc2c1NC(=O)c1cc(N2CCN(C)CC2)cc2c(N)ncnc12. The summed E-state index contributed by atoms with van der Waals surface area (Å²) in [7, 11) is 2.09. The number of hydrogen-bond acceptors (Lipinski definition) is 8. The Hall–Kier alpha value is -4.54. The third-order valence-corrected chi connectivity index (χ3v) is 7.76. The number of aryl methyl sites for hydroxylation is 1. The van der Waals surface area contributed by atoms with Crippen LogP contribution in [0.3, 0.4) is 0 Å². The lowest BCUT2D eigenvalue weighted by Gasteiger charge is -2.34. The second-order valence-corrected chi connectivity index (χ2v) is 10.5. The largest absolute Gasteiger partial charge is 0.383 e. The molecule has 0 bridgehead atoms. The van der Waals surface area contributed by atoms with Gasteiger partial charge in [-0.25, -0.2) is 19.3 Å². The first-order valence-corrected chi connectivity index (χ1v) is 13.6. The van der Waals surface area contributed by atoms with E-state index in [2.05, 4.69) is 42.4 Å². The maximum atomic E-state index is 14.6. The molecule has 6 rings (SSSR count). The number of aromatic nitrogens is 3. The summed E-state index contributed by atoms with van der Waals surface area (Å²) in [5.74, 6) is -0.146. The fourth-order valence-electron chi connectivity index (χ4n) is 5.13. The number of carbonyl (C=O) groups excluding carboxylic acids is 1. The van der Waals surface area contributed by atoms with Crippen LogP contribution in [0.15, 0.2) is 61.1 Å². The standard InChI is InChI=1S/C30H28ClFN8O/c1-17-6-7-20-19(8-9-34-29(20)37-24-5-3-4-23(31)25(24)32)26(17)38-30(41)22-15-18(40-12-10-39(2)11-13-40)14-21-27(22)35-16-36-28(21)33/h3-9,14-16H,10-13H2,1-2H3,(H,34,37)(H,38,41)(H2,33,35,36). The van der Waals surface area contributed by atoms with Crippen LogP contribution in [0.1, 0.15) is 15.9 Å². The molecular formula is C30H28ClFN8O. The first-order valence-electron chi connectivity index (χ1n) is 13.2. The zero-order valence-electron chi connectivity index (χ0n) is 22.6. The molecule has 0 saturated carbocycles. The Morgan fingerprint density at radius 1 is 1.00 bits per heavy atom. The van der Waals surface area contributed by atoms with Gasteiger partial charge in [0.05, 0.1) is 27.5 Å². The van der Waals surface area contributed by atoms with E-state index in [0.717, 1.165) is 42.8 Å². The number of piperazine rings is 1. The quantitative estimate of drug-likeness (QED) is 0.250. The van der Waals surface area contributed by atoms with Crippen LogP contribution in [-0.4, -0.2) is 59.0 Å². The minimum absolute atomic E-state index is 0.00881. The number of nitrogens with zero attached hydrogens (tertiary/aromatic N) is 5. The lowest BCUT2D eigenvalue weighted by atomic mass is 10.0. The summed E-state index contributed by atoms with van der Waals surface area (Å²) in [5.41, 5.74) is 9.68. The van der Waals surface area contributed by atoms with Gasteiger partial charge in [-0.1, -0.05) is 29.8 Å². The second kappa shape index (κ2) is 10.8. The van der Waals surface area contributed by atoms with Crippen molar-refractivity contribution < 1.29 is 9.18 Å². The van der Waals surface area contributed by atoms with E-state index in [1.807, 2.05) is 37.3 Å². The molecule has 208 valence electrons. The number of carbonyl (C=O) groups is 1. The number of pyridine rings is 1. The number of nitrogens with two attached hydrogens (primary N) is 1. The topological polar surface area (TPSA) is 112 Å². The molecule has 1 amide bonds. The number of rotatable bonds is 5. The van der Waals surface area contributed by atoms with Gasteiger partial charge in [-0.2, -0.15) is 0 Å². The second-order valence-electron chi connectivity index (χ2n) is 10.1. The fraction of sp³-hybridized carbons (Fsp3) is 0.200. The Morgan fingerprint density at radius 2 is 1.80 bits per heavy atom. The van der Waals surface area contributed by atoms with Crippen LogP contribution in [-0.2, 0) is 0 Å². The van der Waals surface area contributed by atoms with Crippen LogP contribution >= 0.6 is 11.6 Å². The number of nitrogen functional groups attached to an aromatic ring is 1. The summed E-state index contributed by atoms with van der Waals surface area (Å²) in [4.78, 5) is 31.5. The molecule has 5 aromatic rings. The van der Waals surface area contributed by atoms with Gasteiger partial charge in [-0.05, 0) is 49.9 Å². The van der Waals surface area contributed by atoms with E-state index in [1.54, 1.807) is 18.3 Å². The van der Waals surface area contributed by atoms with E-state index in [9.17, 15) is 9.18 Å². The highest BCUT2D eigenvalue weighted by atomic mass is 35.5. The van der Waals surface area contributed by atoms with Gasteiger partial charge in [-0.3, -0.25) is 4.79 Å². The van der Waals surface area contributed by atoms with E-state index in [1.165, 1.54) is 12.4 Å². The van der Waals surface area contributed by atoms with Crippen LogP contribution in [0.4, 0.5) is 33.1 Å². The molecule has 1 fully saturated rings. The van der Waals surface area contributed by atoms with Crippen LogP contribution in [0.5, 0.6) is 0 Å². The maximum Gasteiger partial charge on any atom is 0.257 e. The molecule has 3 heterocycles. The molecule has 0 atom stereocenters. The lowest BCUT2D eigenvalue weighted by molar-refractivity contribution is 0.102. The van der Waals surface area contributed by atoms with Gasteiger partial charge in [0.15, 0.2) is 5.82 Å². The molecule has 1 aliphatic rings. The Morgan fingerprint density at radius 3 is 2.61 bits per heavy atom. The molecule has 41 heavy (non-hydrogen) atoms. The highest BCUT2D eigenvalue weighted by Crippen LogP contribution is 2.35. The summed E-state index contributed by atoms with van der Waals surface area (Å²) in [6.45, 7) is 5.40. The van der Waals surface area contributed by atoms with Crippen molar-refractivity contribution in [3.05, 3.63) is 83.0 Å². The number of anilines is 5. The Balaban J connectivity index is 1.40. The molecule has 0 unspecified atom stereocenters. The van der Waals surface area contributed by atoms with Crippen molar-refractivity contribution in [1.82, 2.24) is 19.9 Å². The molecule has 1 aliphatic heterocycles. The number of halogens is 2. The number of benzene rings is 3. The van der Waals surface area contributed by atoms with Gasteiger partial charge in [0, 0.05) is 54.2 Å². The van der Waals surface area contributed by atoms with Gasteiger partial charge in [0.2, 0.25) is 0 Å². The average Bonchev–Trinajstić information content (AvgIpc) is 2.97. The molecule has 2 aromatic heterocycles. The zero-order valence-corrected chi connectivity index (χ0v) is 23.3. The monoisotopic (exact) mass is 570 g/mol. The third-order valence-electron chi connectivity index (χ3n) is 7.46. The molecule has 11 heteroatoms. The molecule has 0 spiro atoms. The number of nitrogens with one attached hydrogen (secondary N) is 2. The van der Waals surface area contributed by atoms with Crippen molar-refractivity contribution in [3.8, 4) is 0 Å². The van der Waals surface area contributed by atoms with Gasteiger partial charge < -0.3 is 26.2 Å². The number of hydrogen-bond donors (Lipinski definition) is 3. The van der Waals surface area contributed by atoms with Crippen molar-refractivity contribution in [3.63, 3.8) is 0 Å². The van der Waals surface area contributed by atoms with E-state index in [0.29, 0.717) is 39.2 Å². The minimum atomic E-state index is -0.568. The van der Waals surface area contributed by atoms with Crippen molar-refractivity contribution in [2.75, 3.05) is 54.5 Å². The average molecular weight is 571 g/mol. The summed E-state index contributed by atoms with van der Waals surface area (Å²) in [6, 6.07) is 14.1. The number of likely N-dealkylation sites (N-methyl/N-ethyl adjacent to an activating group) is 1. The predicted octanol–water partition coefficient (Wildman–Crippen LogP) is 5.61. The zero-order chi connectivity index (χ0) is 28.7. The van der Waals surface area contributed by atoms with Gasteiger partial charge in [0.1, 0.15) is 18.0 Å². The molecule has 1 saturated heterocycles. The van der Waals surface area contributed by atoms with Crippen LogP contribution < -0.4 is 21.3 Å². The highest BCUT2D eigenvalue weighted by Gasteiger charge is 2.22. The van der Waals surface area contributed by atoms with Crippen LogP contribution in [0.25, 0.3) is 21.7 Å². The van der Waals surface area contributed by atoms with Crippen molar-refractivity contribution in [2.24, 2.45) is 0 Å². The van der Waals surface area contributed by atoms with E-state index in [-0.39, 0.29) is 16.6 Å². The summed E-state index contributed by atoms with van der Waals surface area (Å²) >= 11 is 5.97. The van der Waals surface area contributed by atoms with Crippen LogP contribution in [0.2, 0.25) is 5.02 Å². The molecule has 0 radical (unpaired) electrons. The molecule has 0 aliphatic carbocycles.